The first-order valence-corrected chi connectivity index (χ1v) is 4.83. The van der Waals surface area contributed by atoms with E-state index in [9.17, 15) is 13.2 Å². The van der Waals surface area contributed by atoms with Gasteiger partial charge in [-0.25, -0.2) is 0 Å². The maximum Gasteiger partial charge on any atom is 0.573 e. The van der Waals surface area contributed by atoms with Crippen molar-refractivity contribution in [3.63, 3.8) is 0 Å². The Kier molecular flexibility index (Phi) is 2.83. The highest BCUT2D eigenvalue weighted by molar-refractivity contribution is 5.51. The van der Waals surface area contributed by atoms with Gasteiger partial charge in [0.25, 0.3) is 6.17 Å². The normalized spacial score (nSPS) is 19.3. The van der Waals surface area contributed by atoms with Gasteiger partial charge in [-0.3, -0.25) is 0 Å². The van der Waals surface area contributed by atoms with Crippen LogP contribution < -0.4 is 4.74 Å². The summed E-state index contributed by atoms with van der Waals surface area (Å²) in [5.41, 5.74) is 0.632. The third-order valence-electron chi connectivity index (χ3n) is 2.02. The van der Waals surface area contributed by atoms with Gasteiger partial charge < -0.3 is 4.74 Å². The molecule has 0 aromatic heterocycles. The number of aliphatic imine (C=N–C) groups is 1. The van der Waals surface area contributed by atoms with E-state index >= 15 is 0 Å². The summed E-state index contributed by atoms with van der Waals surface area (Å²) in [6.07, 6.45) is -3.32. The Bertz CT molecular complexity index is 465. The number of ether oxygens (including phenoxy) is 1. The van der Waals surface area contributed by atoms with Gasteiger partial charge in [-0.1, -0.05) is 10.1 Å². The van der Waals surface area contributed by atoms with E-state index in [1.807, 2.05) is 0 Å². The van der Waals surface area contributed by atoms with Crippen LogP contribution in [-0.4, -0.2) is 23.6 Å². The number of nitrogens with zero attached hydrogens (tertiary/aromatic N) is 3. The van der Waals surface area contributed by atoms with Crippen LogP contribution in [-0.2, 0) is 0 Å². The Labute approximate surface area is 95.0 Å². The quantitative estimate of drug-likeness (QED) is 0.736. The highest BCUT2D eigenvalue weighted by Gasteiger charge is 2.31. The summed E-state index contributed by atoms with van der Waals surface area (Å²) in [4.78, 5) is 4.00. The molecule has 7 heteroatoms. The molecule has 0 fully saturated rings. The predicted octanol–water partition coefficient (Wildman–Crippen LogP) is 3.07. The molecule has 2 rings (SSSR count). The maximum absolute atomic E-state index is 11.9. The van der Waals surface area contributed by atoms with Gasteiger partial charge in [-0.05, 0) is 24.3 Å². The average molecular weight is 244 g/mol. The van der Waals surface area contributed by atoms with E-state index in [4.69, 9.17) is 0 Å². The molecule has 1 heterocycles. The van der Waals surface area contributed by atoms with Crippen molar-refractivity contribution < 1.29 is 22.6 Å². The van der Waals surface area contributed by atoms with Crippen LogP contribution >= 0.6 is 0 Å². The molecule has 0 radical (unpaired) electrons. The van der Waals surface area contributed by atoms with Crippen LogP contribution in [0, 0.1) is 0 Å². The number of azo groups is 2. The standard InChI is InChI=1S/C10H9F3N3O/c1-7-14-6-16(15-7)8-2-4-9(5-3-8)17-10(11,12)13/h2-7H,1H3/q+1. The number of rotatable bonds is 2. The average Bonchev–Trinajstić information content (AvgIpc) is 2.63. The van der Waals surface area contributed by atoms with Crippen LogP contribution in [0.3, 0.4) is 0 Å². The number of hydrogen-bond acceptors (Lipinski definition) is 3. The van der Waals surface area contributed by atoms with Crippen molar-refractivity contribution in [2.24, 2.45) is 10.1 Å². The molecule has 1 atom stereocenters. The fourth-order valence-corrected chi connectivity index (χ4v) is 1.33. The molecule has 0 bridgehead atoms. The molecule has 4 nitrogen and oxygen atoms in total. The SMILES string of the molecule is CC1N=C[N+](c2ccc(OC(F)(F)F)cc2)=N1. The van der Waals surface area contributed by atoms with Crippen molar-refractivity contribution in [1.82, 2.24) is 0 Å². The van der Waals surface area contributed by atoms with Crippen molar-refractivity contribution in [2.75, 3.05) is 0 Å². The third-order valence-corrected chi connectivity index (χ3v) is 2.02. The maximum atomic E-state index is 11.9. The van der Waals surface area contributed by atoms with E-state index < -0.39 is 6.36 Å². The zero-order valence-corrected chi connectivity index (χ0v) is 8.85. The van der Waals surface area contributed by atoms with E-state index in [2.05, 4.69) is 14.8 Å². The van der Waals surface area contributed by atoms with Gasteiger partial charge in [0.05, 0.1) is 0 Å². The Morgan fingerprint density at radius 1 is 1.24 bits per heavy atom. The van der Waals surface area contributed by atoms with Crippen molar-refractivity contribution in [3.05, 3.63) is 24.3 Å². The lowest BCUT2D eigenvalue weighted by molar-refractivity contribution is -0.376. The molecule has 1 aliphatic rings. The molecule has 1 aliphatic heterocycles. The molecule has 0 N–H and O–H groups in total. The minimum atomic E-state index is -4.67. The van der Waals surface area contributed by atoms with E-state index in [0.29, 0.717) is 5.69 Å². The smallest absolute Gasteiger partial charge is 0.406 e. The van der Waals surface area contributed by atoms with Gasteiger partial charge in [-0.2, -0.15) is 0 Å². The summed E-state index contributed by atoms with van der Waals surface area (Å²) in [5, 5.41) is 4.11. The molecule has 0 aliphatic carbocycles. The first-order valence-electron chi connectivity index (χ1n) is 4.83. The van der Waals surface area contributed by atoms with Crippen LogP contribution in [0.2, 0.25) is 0 Å². The second-order valence-electron chi connectivity index (χ2n) is 3.40. The largest absolute Gasteiger partial charge is 0.573 e. The van der Waals surface area contributed by atoms with Gasteiger partial charge in [0.2, 0.25) is 0 Å². The molecule has 0 spiro atoms. The lowest BCUT2D eigenvalue weighted by Crippen LogP contribution is -2.17. The molecule has 1 aromatic carbocycles. The number of halogens is 3. The summed E-state index contributed by atoms with van der Waals surface area (Å²) in [7, 11) is 0. The highest BCUT2D eigenvalue weighted by atomic mass is 19.4. The van der Waals surface area contributed by atoms with Crippen LogP contribution in [0.1, 0.15) is 6.92 Å². The summed E-state index contributed by atoms with van der Waals surface area (Å²) >= 11 is 0. The van der Waals surface area contributed by atoms with Crippen molar-refractivity contribution in [1.29, 1.82) is 0 Å². The van der Waals surface area contributed by atoms with Gasteiger partial charge in [-0.15, -0.1) is 17.9 Å². The minimum absolute atomic E-state index is 0.166. The molecule has 90 valence electrons. The second-order valence-corrected chi connectivity index (χ2v) is 3.40. The van der Waals surface area contributed by atoms with Crippen molar-refractivity contribution in [3.8, 4) is 5.75 Å². The lowest BCUT2D eigenvalue weighted by Gasteiger charge is -2.08. The Morgan fingerprint density at radius 3 is 2.35 bits per heavy atom. The number of benzene rings is 1. The molecule has 1 unspecified atom stereocenters. The van der Waals surface area contributed by atoms with Crippen LogP contribution in [0.4, 0.5) is 18.9 Å². The minimum Gasteiger partial charge on any atom is -0.406 e. The molecule has 0 amide bonds. The number of hydrogen-bond donors (Lipinski definition) is 0. The van der Waals surface area contributed by atoms with Crippen LogP contribution in [0.25, 0.3) is 0 Å². The molecular formula is C10H9F3N3O+. The van der Waals surface area contributed by atoms with Crippen LogP contribution in [0.5, 0.6) is 5.75 Å². The summed E-state index contributed by atoms with van der Waals surface area (Å²) in [6, 6.07) is 5.42. The molecule has 0 saturated carbocycles. The zero-order valence-electron chi connectivity index (χ0n) is 8.85. The van der Waals surface area contributed by atoms with Gasteiger partial charge in [0.15, 0.2) is 5.69 Å². The van der Waals surface area contributed by atoms with E-state index in [1.54, 1.807) is 6.92 Å². The molecule has 0 saturated heterocycles. The highest BCUT2D eigenvalue weighted by Crippen LogP contribution is 2.25. The first kappa shape index (κ1) is 11.6. The van der Waals surface area contributed by atoms with Crippen molar-refractivity contribution in [2.45, 2.75) is 19.5 Å². The summed E-state index contributed by atoms with van der Waals surface area (Å²) in [6.45, 7) is 1.80. The fraction of sp³-hybridized carbons (Fsp3) is 0.300. The van der Waals surface area contributed by atoms with E-state index in [0.717, 1.165) is 0 Å². The monoisotopic (exact) mass is 244 g/mol. The Balaban J connectivity index is 2.14. The first-order chi connectivity index (χ1) is 7.94. The number of alkyl halides is 3. The predicted molar refractivity (Wildman–Crippen MR) is 53.4 cm³/mol. The summed E-state index contributed by atoms with van der Waals surface area (Å²) < 4.78 is 41.0. The van der Waals surface area contributed by atoms with Gasteiger partial charge in [0.1, 0.15) is 5.75 Å². The zero-order chi connectivity index (χ0) is 12.5. The summed E-state index contributed by atoms with van der Waals surface area (Å²) in [5.74, 6) is -0.259. The van der Waals surface area contributed by atoms with Gasteiger partial charge >= 0.3 is 12.7 Å². The second kappa shape index (κ2) is 4.15. The fourth-order valence-electron chi connectivity index (χ4n) is 1.33. The van der Waals surface area contributed by atoms with Gasteiger partial charge in [0, 0.05) is 6.92 Å². The van der Waals surface area contributed by atoms with E-state index in [-0.39, 0.29) is 11.9 Å². The lowest BCUT2D eigenvalue weighted by atomic mass is 10.3. The molecule has 1 aromatic rings. The van der Waals surface area contributed by atoms with Crippen LogP contribution in [0.15, 0.2) is 34.4 Å². The van der Waals surface area contributed by atoms with Crippen molar-refractivity contribution >= 4 is 12.0 Å². The molecule has 17 heavy (non-hydrogen) atoms. The van der Waals surface area contributed by atoms with E-state index in [1.165, 1.54) is 35.3 Å². The molecular weight excluding hydrogens is 235 g/mol. The Morgan fingerprint density at radius 2 is 1.88 bits per heavy atom. The topological polar surface area (TPSA) is 37.0 Å². The Hall–Kier alpha value is -1.92. The third kappa shape index (κ3) is 3.02.